The molecule has 0 bridgehead atoms. The number of anilines is 1. The van der Waals surface area contributed by atoms with Crippen LogP contribution >= 0.6 is 0 Å². The van der Waals surface area contributed by atoms with Gasteiger partial charge in [0, 0.05) is 53.8 Å². The molecule has 2 saturated heterocycles. The summed E-state index contributed by atoms with van der Waals surface area (Å²) in [6.07, 6.45) is 4.74. The zero-order chi connectivity index (χ0) is 22.6. The van der Waals surface area contributed by atoms with Crippen LogP contribution in [0.1, 0.15) is 40.0 Å². The van der Waals surface area contributed by atoms with E-state index in [1.54, 1.807) is 11.3 Å². The topological polar surface area (TPSA) is 70.2 Å². The van der Waals surface area contributed by atoms with Gasteiger partial charge in [0.25, 0.3) is 0 Å². The molecule has 7 nitrogen and oxygen atoms in total. The van der Waals surface area contributed by atoms with Crippen molar-refractivity contribution in [1.82, 2.24) is 9.96 Å². The number of amides is 1. The van der Waals surface area contributed by atoms with Crippen LogP contribution in [0.2, 0.25) is 0 Å². The number of carbonyl (C=O) groups is 2. The van der Waals surface area contributed by atoms with Gasteiger partial charge < -0.3 is 9.74 Å². The van der Waals surface area contributed by atoms with E-state index in [1.807, 2.05) is 49.9 Å². The molecule has 2 aliphatic heterocycles. The normalized spacial score (nSPS) is 20.6. The Bertz CT molecular complexity index is 798. The van der Waals surface area contributed by atoms with Crippen LogP contribution in [-0.2, 0) is 25.2 Å². The molecule has 0 radical (unpaired) electrons. The number of nitrogens with zero attached hydrogens (tertiary/aromatic N) is 3. The highest BCUT2D eigenvalue weighted by molar-refractivity contribution is 7.84. The first-order valence-corrected chi connectivity index (χ1v) is 12.6. The van der Waals surface area contributed by atoms with Gasteiger partial charge in [-0.05, 0) is 76.8 Å². The summed E-state index contributed by atoms with van der Waals surface area (Å²) in [5, 5.41) is 1.80. The zero-order valence-electron chi connectivity index (χ0n) is 19.1. The lowest BCUT2D eigenvalue weighted by Crippen LogP contribution is -2.51. The van der Waals surface area contributed by atoms with E-state index in [-0.39, 0.29) is 11.9 Å². The highest BCUT2D eigenvalue weighted by atomic mass is 32.2. The minimum atomic E-state index is -1.01. The van der Waals surface area contributed by atoms with Crippen LogP contribution in [0.3, 0.4) is 0 Å². The third-order valence-corrected chi connectivity index (χ3v) is 6.97. The molecule has 0 N–H and O–H groups in total. The number of hydrogen-bond donors (Lipinski definition) is 0. The average molecular weight is 450 g/mol. The fourth-order valence-corrected chi connectivity index (χ4v) is 4.43. The summed E-state index contributed by atoms with van der Waals surface area (Å²) in [7, 11) is -1.01. The monoisotopic (exact) mass is 449 g/mol. The standard InChI is InChI=1S/C23H35N3O4S/c1-23(2,3)22(28)30-25-13-10-18(11-14-25)9-12-24-15-16-26(21(27)17-24)19-5-7-20(8-6-19)31(4)29/h5-8,18H,9-17H2,1-4H3. The largest absolute Gasteiger partial charge is 0.367 e. The van der Waals surface area contributed by atoms with Gasteiger partial charge >= 0.3 is 5.97 Å². The summed E-state index contributed by atoms with van der Waals surface area (Å²) in [6, 6.07) is 7.42. The number of benzene rings is 1. The van der Waals surface area contributed by atoms with E-state index < -0.39 is 16.2 Å². The first-order valence-electron chi connectivity index (χ1n) is 11.1. The molecule has 0 aliphatic carbocycles. The summed E-state index contributed by atoms with van der Waals surface area (Å²) in [4.78, 5) is 35.0. The van der Waals surface area contributed by atoms with Crippen molar-refractivity contribution in [3.05, 3.63) is 24.3 Å². The van der Waals surface area contributed by atoms with E-state index in [2.05, 4.69) is 4.90 Å². The number of piperazine rings is 1. The summed E-state index contributed by atoms with van der Waals surface area (Å²) >= 11 is 0. The van der Waals surface area contributed by atoms with Gasteiger partial charge in [-0.25, -0.2) is 4.79 Å². The van der Waals surface area contributed by atoms with Crippen molar-refractivity contribution in [1.29, 1.82) is 0 Å². The van der Waals surface area contributed by atoms with E-state index >= 15 is 0 Å². The summed E-state index contributed by atoms with van der Waals surface area (Å²) in [5.74, 6) is 0.528. The first-order chi connectivity index (χ1) is 14.6. The molecule has 1 amide bonds. The van der Waals surface area contributed by atoms with Crippen molar-refractivity contribution >= 4 is 28.4 Å². The van der Waals surface area contributed by atoms with Crippen molar-refractivity contribution in [2.24, 2.45) is 11.3 Å². The fourth-order valence-electron chi connectivity index (χ4n) is 3.91. The minimum Gasteiger partial charge on any atom is -0.367 e. The van der Waals surface area contributed by atoms with Crippen LogP contribution in [-0.4, -0.2) is 71.6 Å². The lowest BCUT2D eigenvalue weighted by molar-refractivity contribution is -0.206. The van der Waals surface area contributed by atoms with E-state index in [9.17, 15) is 13.8 Å². The summed E-state index contributed by atoms with van der Waals surface area (Å²) in [6.45, 7) is 10.0. The maximum Gasteiger partial charge on any atom is 0.330 e. The first kappa shape index (κ1) is 23.9. The second-order valence-corrected chi connectivity index (χ2v) is 10.9. The molecule has 0 spiro atoms. The molecule has 0 saturated carbocycles. The van der Waals surface area contributed by atoms with Crippen LogP contribution in [0.4, 0.5) is 5.69 Å². The number of rotatable bonds is 6. The van der Waals surface area contributed by atoms with E-state index in [0.29, 0.717) is 19.0 Å². The number of carbonyl (C=O) groups excluding carboxylic acids is 2. The Morgan fingerprint density at radius 3 is 2.29 bits per heavy atom. The van der Waals surface area contributed by atoms with Gasteiger partial charge in [-0.2, -0.15) is 0 Å². The molecule has 0 aromatic heterocycles. The molecule has 3 rings (SSSR count). The highest BCUT2D eigenvalue weighted by Crippen LogP contribution is 2.24. The van der Waals surface area contributed by atoms with Crippen molar-refractivity contribution < 1.29 is 18.6 Å². The molecule has 1 aromatic carbocycles. The van der Waals surface area contributed by atoms with Gasteiger partial charge in [0.15, 0.2) is 0 Å². The van der Waals surface area contributed by atoms with Crippen molar-refractivity contribution in [2.75, 3.05) is 50.4 Å². The van der Waals surface area contributed by atoms with Gasteiger partial charge in [0.05, 0.1) is 12.0 Å². The molecule has 1 atom stereocenters. The van der Waals surface area contributed by atoms with Gasteiger partial charge in [-0.1, -0.05) is 0 Å². The van der Waals surface area contributed by atoms with Gasteiger partial charge in [-0.15, -0.1) is 5.06 Å². The lowest BCUT2D eigenvalue weighted by atomic mass is 9.94. The molecule has 172 valence electrons. The SMILES string of the molecule is CS(=O)c1ccc(N2CCN(CCC3CCN(OC(=O)C(C)(C)C)CC3)CC2=O)cc1. The van der Waals surface area contributed by atoms with E-state index in [4.69, 9.17) is 4.84 Å². The number of piperidine rings is 1. The van der Waals surface area contributed by atoms with Crippen LogP contribution < -0.4 is 4.90 Å². The maximum absolute atomic E-state index is 12.7. The molecule has 31 heavy (non-hydrogen) atoms. The molecule has 8 heteroatoms. The predicted octanol–water partition coefficient (Wildman–Crippen LogP) is 2.68. The Morgan fingerprint density at radius 2 is 1.74 bits per heavy atom. The molecule has 1 aromatic rings. The second kappa shape index (κ2) is 10.2. The molecular weight excluding hydrogens is 414 g/mol. The smallest absolute Gasteiger partial charge is 0.330 e. The molecular formula is C23H35N3O4S. The second-order valence-electron chi connectivity index (χ2n) is 9.56. The minimum absolute atomic E-state index is 0.112. The lowest BCUT2D eigenvalue weighted by Gasteiger charge is -2.36. The molecule has 1 unspecified atom stereocenters. The third-order valence-electron chi connectivity index (χ3n) is 6.03. The zero-order valence-corrected chi connectivity index (χ0v) is 20.0. The summed E-state index contributed by atoms with van der Waals surface area (Å²) < 4.78 is 11.5. The van der Waals surface area contributed by atoms with Crippen LogP contribution in [0.5, 0.6) is 0 Å². The van der Waals surface area contributed by atoms with Crippen molar-refractivity contribution in [3.63, 3.8) is 0 Å². The van der Waals surface area contributed by atoms with E-state index in [1.165, 1.54) is 0 Å². The van der Waals surface area contributed by atoms with Crippen LogP contribution in [0.15, 0.2) is 29.2 Å². The van der Waals surface area contributed by atoms with Crippen LogP contribution in [0, 0.1) is 11.3 Å². The molecule has 2 fully saturated rings. The Kier molecular flexibility index (Phi) is 7.88. The predicted molar refractivity (Wildman–Crippen MR) is 122 cm³/mol. The van der Waals surface area contributed by atoms with Crippen LogP contribution in [0.25, 0.3) is 0 Å². The van der Waals surface area contributed by atoms with E-state index in [0.717, 1.165) is 56.0 Å². The number of hydrogen-bond acceptors (Lipinski definition) is 6. The Morgan fingerprint density at radius 1 is 1.10 bits per heavy atom. The summed E-state index contributed by atoms with van der Waals surface area (Å²) in [5.41, 5.74) is 0.388. The highest BCUT2D eigenvalue weighted by Gasteiger charge is 2.29. The molecule has 2 heterocycles. The Balaban J connectivity index is 1.40. The maximum atomic E-state index is 12.7. The van der Waals surface area contributed by atoms with Crippen molar-refractivity contribution in [3.8, 4) is 0 Å². The van der Waals surface area contributed by atoms with Crippen molar-refractivity contribution in [2.45, 2.75) is 44.9 Å². The van der Waals surface area contributed by atoms with Gasteiger partial charge in [0.2, 0.25) is 5.91 Å². The molecule has 2 aliphatic rings. The number of hydroxylamine groups is 2. The van der Waals surface area contributed by atoms with Gasteiger partial charge in [0.1, 0.15) is 0 Å². The Labute approximate surface area is 188 Å². The quantitative estimate of drug-likeness (QED) is 0.665. The average Bonchev–Trinajstić information content (AvgIpc) is 2.73. The fraction of sp³-hybridized carbons (Fsp3) is 0.652. The Hall–Kier alpha value is -1.77. The van der Waals surface area contributed by atoms with Gasteiger partial charge in [-0.3, -0.25) is 13.9 Å². The third kappa shape index (κ3) is 6.60.